The maximum atomic E-state index is 12.1. The van der Waals surface area contributed by atoms with Crippen molar-refractivity contribution in [3.63, 3.8) is 0 Å². The monoisotopic (exact) mass is 227 g/mol. The van der Waals surface area contributed by atoms with E-state index < -0.39 is 0 Å². The Bertz CT molecular complexity index is 220. The summed E-state index contributed by atoms with van der Waals surface area (Å²) in [5.41, 5.74) is 5.87. The Morgan fingerprint density at radius 2 is 1.69 bits per heavy atom. The van der Waals surface area contributed by atoms with Crippen molar-refractivity contribution < 1.29 is 4.79 Å². The first kappa shape index (κ1) is 13.3. The predicted molar refractivity (Wildman–Crippen MR) is 66.3 cm³/mol. The van der Waals surface area contributed by atoms with E-state index >= 15 is 0 Å². The van der Waals surface area contributed by atoms with Crippen LogP contribution in [0, 0.1) is 0 Å². The van der Waals surface area contributed by atoms with Crippen molar-refractivity contribution in [2.45, 2.75) is 51.6 Å². The average Bonchev–Trinajstić information content (AvgIpc) is 2.30. The van der Waals surface area contributed by atoms with Crippen molar-refractivity contribution in [2.24, 2.45) is 5.73 Å². The van der Waals surface area contributed by atoms with E-state index in [1.807, 2.05) is 30.7 Å². The van der Waals surface area contributed by atoms with E-state index in [2.05, 4.69) is 0 Å². The minimum Gasteiger partial charge on any atom is -0.328 e. The van der Waals surface area contributed by atoms with Crippen molar-refractivity contribution in [1.82, 2.24) is 9.80 Å². The summed E-state index contributed by atoms with van der Waals surface area (Å²) in [6, 6.07) is 0.881. The fourth-order valence-corrected chi connectivity index (χ4v) is 2.36. The Morgan fingerprint density at radius 1 is 1.19 bits per heavy atom. The van der Waals surface area contributed by atoms with Crippen LogP contribution in [-0.2, 0) is 0 Å². The van der Waals surface area contributed by atoms with Gasteiger partial charge in [0.05, 0.1) is 0 Å². The molecule has 0 atom stereocenters. The largest absolute Gasteiger partial charge is 0.328 e. The molecule has 0 unspecified atom stereocenters. The molecule has 2 amide bonds. The van der Waals surface area contributed by atoms with Gasteiger partial charge >= 0.3 is 6.03 Å². The molecule has 1 aliphatic rings. The van der Waals surface area contributed by atoms with E-state index in [1.165, 1.54) is 0 Å². The van der Waals surface area contributed by atoms with E-state index in [0.717, 1.165) is 38.8 Å². The summed E-state index contributed by atoms with van der Waals surface area (Å²) in [6.45, 7) is 5.61. The summed E-state index contributed by atoms with van der Waals surface area (Å²) in [5.74, 6) is 0. The second-order valence-electron chi connectivity index (χ2n) is 4.63. The molecular weight excluding hydrogens is 202 g/mol. The molecule has 1 saturated carbocycles. The first-order valence-electron chi connectivity index (χ1n) is 6.37. The van der Waals surface area contributed by atoms with Crippen LogP contribution in [0.3, 0.4) is 0 Å². The third-order valence-corrected chi connectivity index (χ3v) is 3.62. The summed E-state index contributed by atoms with van der Waals surface area (Å²) in [7, 11) is 1.92. The normalized spacial score (nSPS) is 25.2. The molecule has 0 aromatic carbocycles. The fraction of sp³-hybridized carbons (Fsp3) is 0.917. The molecule has 16 heavy (non-hydrogen) atoms. The molecule has 4 nitrogen and oxygen atoms in total. The Kier molecular flexibility index (Phi) is 5.06. The molecule has 1 aliphatic carbocycles. The lowest BCUT2D eigenvalue weighted by atomic mass is 9.91. The van der Waals surface area contributed by atoms with Crippen LogP contribution in [0.25, 0.3) is 0 Å². The van der Waals surface area contributed by atoms with Gasteiger partial charge in [-0.25, -0.2) is 4.79 Å². The topological polar surface area (TPSA) is 49.6 Å². The van der Waals surface area contributed by atoms with Crippen LogP contribution in [0.2, 0.25) is 0 Å². The minimum absolute atomic E-state index is 0.158. The van der Waals surface area contributed by atoms with Gasteiger partial charge in [-0.2, -0.15) is 0 Å². The van der Waals surface area contributed by atoms with Crippen molar-refractivity contribution in [2.75, 3.05) is 20.1 Å². The van der Waals surface area contributed by atoms with Crippen LogP contribution in [0.15, 0.2) is 0 Å². The Balaban J connectivity index is 2.50. The lowest BCUT2D eigenvalue weighted by molar-refractivity contribution is 0.136. The number of hydrogen-bond donors (Lipinski definition) is 1. The molecule has 0 saturated heterocycles. The van der Waals surface area contributed by atoms with Crippen LogP contribution >= 0.6 is 0 Å². The number of carbonyl (C=O) groups excluding carboxylic acids is 1. The van der Waals surface area contributed by atoms with E-state index in [0.29, 0.717) is 12.1 Å². The predicted octanol–water partition coefficient (Wildman–Crippen LogP) is 1.65. The van der Waals surface area contributed by atoms with E-state index in [4.69, 9.17) is 5.73 Å². The molecule has 2 N–H and O–H groups in total. The third kappa shape index (κ3) is 3.11. The highest BCUT2D eigenvalue weighted by molar-refractivity contribution is 5.74. The van der Waals surface area contributed by atoms with Gasteiger partial charge in [0.2, 0.25) is 0 Å². The highest BCUT2D eigenvalue weighted by atomic mass is 16.2. The second-order valence-corrected chi connectivity index (χ2v) is 4.63. The quantitative estimate of drug-likeness (QED) is 0.797. The van der Waals surface area contributed by atoms with Gasteiger partial charge in [-0.05, 0) is 39.5 Å². The van der Waals surface area contributed by atoms with E-state index in [-0.39, 0.29) is 6.03 Å². The Labute approximate surface area is 98.8 Å². The highest BCUT2D eigenvalue weighted by Gasteiger charge is 2.26. The lowest BCUT2D eigenvalue weighted by Gasteiger charge is -2.36. The zero-order valence-corrected chi connectivity index (χ0v) is 10.8. The van der Waals surface area contributed by atoms with Gasteiger partial charge in [0.15, 0.2) is 0 Å². The molecule has 1 fully saturated rings. The van der Waals surface area contributed by atoms with Gasteiger partial charge in [0.1, 0.15) is 0 Å². The Hall–Kier alpha value is -0.770. The van der Waals surface area contributed by atoms with Crippen LogP contribution in [0.5, 0.6) is 0 Å². The van der Waals surface area contributed by atoms with Gasteiger partial charge in [-0.3, -0.25) is 0 Å². The molecule has 94 valence electrons. The summed E-state index contributed by atoms with van der Waals surface area (Å²) >= 11 is 0. The highest BCUT2D eigenvalue weighted by Crippen LogP contribution is 2.21. The third-order valence-electron chi connectivity index (χ3n) is 3.62. The van der Waals surface area contributed by atoms with Crippen LogP contribution in [0.1, 0.15) is 39.5 Å². The zero-order chi connectivity index (χ0) is 12.1. The first-order chi connectivity index (χ1) is 7.60. The summed E-state index contributed by atoms with van der Waals surface area (Å²) < 4.78 is 0. The van der Waals surface area contributed by atoms with Gasteiger partial charge in [0.25, 0.3) is 0 Å². The molecule has 0 radical (unpaired) electrons. The van der Waals surface area contributed by atoms with Gasteiger partial charge in [-0.1, -0.05) is 0 Å². The second kappa shape index (κ2) is 6.09. The van der Waals surface area contributed by atoms with Crippen molar-refractivity contribution >= 4 is 6.03 Å². The number of amides is 2. The number of carbonyl (C=O) groups is 1. The van der Waals surface area contributed by atoms with Gasteiger partial charge < -0.3 is 15.5 Å². The van der Waals surface area contributed by atoms with Crippen molar-refractivity contribution in [3.05, 3.63) is 0 Å². The van der Waals surface area contributed by atoms with Gasteiger partial charge in [-0.15, -0.1) is 0 Å². The summed E-state index contributed by atoms with van der Waals surface area (Å²) in [5, 5.41) is 0. The van der Waals surface area contributed by atoms with Crippen LogP contribution in [0.4, 0.5) is 4.79 Å². The SMILES string of the molecule is CCN(CC)C(=O)N(C)C1CCC(N)CC1. The van der Waals surface area contributed by atoms with Crippen LogP contribution in [-0.4, -0.2) is 48.1 Å². The Morgan fingerprint density at radius 3 is 2.12 bits per heavy atom. The van der Waals surface area contributed by atoms with Crippen molar-refractivity contribution in [1.29, 1.82) is 0 Å². The number of nitrogens with two attached hydrogens (primary N) is 1. The number of hydrogen-bond acceptors (Lipinski definition) is 2. The van der Waals surface area contributed by atoms with E-state index in [1.54, 1.807) is 0 Å². The standard InChI is InChI=1S/C12H25N3O/c1-4-15(5-2)12(16)14(3)11-8-6-10(13)7-9-11/h10-11H,4-9,13H2,1-3H3. The van der Waals surface area contributed by atoms with E-state index in [9.17, 15) is 4.79 Å². The molecule has 1 rings (SSSR count). The summed E-state index contributed by atoms with van der Waals surface area (Å²) in [4.78, 5) is 15.9. The summed E-state index contributed by atoms with van der Waals surface area (Å²) in [6.07, 6.45) is 4.18. The minimum atomic E-state index is 0.158. The molecule has 0 aromatic heterocycles. The zero-order valence-electron chi connectivity index (χ0n) is 10.8. The first-order valence-corrected chi connectivity index (χ1v) is 6.37. The molecule has 0 heterocycles. The lowest BCUT2D eigenvalue weighted by Crippen LogP contribution is -2.48. The molecule has 0 spiro atoms. The number of rotatable bonds is 3. The van der Waals surface area contributed by atoms with Crippen molar-refractivity contribution in [3.8, 4) is 0 Å². The van der Waals surface area contributed by atoms with Crippen LogP contribution < -0.4 is 5.73 Å². The molecule has 0 aromatic rings. The molecule has 0 aliphatic heterocycles. The molecule has 0 bridgehead atoms. The molecular formula is C12H25N3O. The number of urea groups is 1. The van der Waals surface area contributed by atoms with Gasteiger partial charge in [0, 0.05) is 32.2 Å². The average molecular weight is 227 g/mol. The maximum absolute atomic E-state index is 12.1. The molecule has 4 heteroatoms. The number of nitrogens with zero attached hydrogens (tertiary/aromatic N) is 2. The fourth-order valence-electron chi connectivity index (χ4n) is 2.36. The maximum Gasteiger partial charge on any atom is 0.319 e. The smallest absolute Gasteiger partial charge is 0.319 e.